The van der Waals surface area contributed by atoms with Crippen molar-refractivity contribution in [3.05, 3.63) is 35.9 Å². The van der Waals surface area contributed by atoms with Crippen molar-refractivity contribution in [3.63, 3.8) is 0 Å². The predicted octanol–water partition coefficient (Wildman–Crippen LogP) is 4.55. The lowest BCUT2D eigenvalue weighted by molar-refractivity contribution is 0.193. The lowest BCUT2D eigenvalue weighted by Gasteiger charge is -2.35. The van der Waals surface area contributed by atoms with Gasteiger partial charge >= 0.3 is 0 Å². The molecule has 1 aromatic rings. The summed E-state index contributed by atoms with van der Waals surface area (Å²) >= 11 is 0. The van der Waals surface area contributed by atoms with Gasteiger partial charge in [-0.3, -0.25) is 0 Å². The zero-order chi connectivity index (χ0) is 13.8. The molecule has 6 unspecified atom stereocenters. The first-order valence-electron chi connectivity index (χ1n) is 9.21. The average molecular weight is 281 g/mol. The summed E-state index contributed by atoms with van der Waals surface area (Å²) in [5, 5.41) is 4.14. The van der Waals surface area contributed by atoms with E-state index in [1.165, 1.54) is 37.7 Å². The molecule has 21 heavy (non-hydrogen) atoms. The Hall–Kier alpha value is -0.820. The molecular formula is C20H27N. The van der Waals surface area contributed by atoms with Crippen LogP contribution in [0.1, 0.15) is 56.6 Å². The molecule has 0 aromatic heterocycles. The highest BCUT2D eigenvalue weighted by Crippen LogP contribution is 2.59. The van der Waals surface area contributed by atoms with Crippen LogP contribution in [-0.2, 0) is 0 Å². The molecule has 0 spiro atoms. The van der Waals surface area contributed by atoms with Crippen molar-refractivity contribution in [2.24, 2.45) is 29.6 Å². The van der Waals surface area contributed by atoms with Crippen molar-refractivity contribution in [1.29, 1.82) is 0 Å². The first-order chi connectivity index (χ1) is 10.4. The zero-order valence-corrected chi connectivity index (χ0v) is 12.9. The van der Waals surface area contributed by atoms with Crippen LogP contribution in [0.15, 0.2) is 30.3 Å². The Morgan fingerprint density at radius 1 is 0.857 bits per heavy atom. The molecule has 0 radical (unpaired) electrons. The number of rotatable bonds is 4. The van der Waals surface area contributed by atoms with E-state index >= 15 is 0 Å². The van der Waals surface area contributed by atoms with E-state index in [2.05, 4.69) is 35.6 Å². The summed E-state index contributed by atoms with van der Waals surface area (Å²) in [7, 11) is 0. The number of nitrogens with one attached hydrogen (secondary N) is 1. The fraction of sp³-hybridized carbons (Fsp3) is 0.700. The molecule has 0 amide bonds. The molecule has 2 bridgehead atoms. The molecule has 4 saturated carbocycles. The second-order valence-electron chi connectivity index (χ2n) is 8.15. The van der Waals surface area contributed by atoms with Crippen LogP contribution in [0.5, 0.6) is 0 Å². The van der Waals surface area contributed by atoms with E-state index < -0.39 is 0 Å². The molecule has 4 fully saturated rings. The third-order valence-corrected chi connectivity index (χ3v) is 7.07. The van der Waals surface area contributed by atoms with Crippen LogP contribution in [0.25, 0.3) is 0 Å². The molecule has 0 saturated heterocycles. The molecule has 0 aliphatic heterocycles. The maximum Gasteiger partial charge on any atom is 0.0351 e. The molecule has 1 heteroatoms. The standard InChI is InChI=1S/C20H27N/c1-2-5-13(6-3-1)20(14-9-10-14)21-19-12-15-11-18(19)17-8-4-7-16(15)17/h1-3,5-6,14-21H,4,7-12H2. The minimum absolute atomic E-state index is 0.635. The first-order valence-corrected chi connectivity index (χ1v) is 9.21. The molecule has 4 aliphatic carbocycles. The summed E-state index contributed by atoms with van der Waals surface area (Å²) in [4.78, 5) is 0. The van der Waals surface area contributed by atoms with Gasteiger partial charge in [-0.05, 0) is 73.7 Å². The van der Waals surface area contributed by atoms with Gasteiger partial charge in [0.2, 0.25) is 0 Å². The average Bonchev–Trinajstić information content (AvgIpc) is 2.97. The second kappa shape index (κ2) is 4.84. The maximum atomic E-state index is 4.14. The number of hydrogen-bond donors (Lipinski definition) is 1. The van der Waals surface area contributed by atoms with Gasteiger partial charge in [0.05, 0.1) is 0 Å². The van der Waals surface area contributed by atoms with Gasteiger partial charge in [0, 0.05) is 12.1 Å². The zero-order valence-electron chi connectivity index (χ0n) is 12.9. The number of hydrogen-bond acceptors (Lipinski definition) is 1. The van der Waals surface area contributed by atoms with Crippen molar-refractivity contribution < 1.29 is 0 Å². The third kappa shape index (κ3) is 2.08. The molecule has 6 atom stereocenters. The van der Waals surface area contributed by atoms with Gasteiger partial charge in [-0.25, -0.2) is 0 Å². The normalized spacial score (nSPS) is 42.2. The van der Waals surface area contributed by atoms with Crippen molar-refractivity contribution in [3.8, 4) is 0 Å². The number of fused-ring (bicyclic) bond motifs is 5. The second-order valence-corrected chi connectivity index (χ2v) is 8.15. The molecule has 1 nitrogen and oxygen atoms in total. The SMILES string of the molecule is c1ccc(C(NC2CC3CC2C2CCCC32)C2CC2)cc1. The van der Waals surface area contributed by atoms with E-state index in [4.69, 9.17) is 0 Å². The van der Waals surface area contributed by atoms with Crippen LogP contribution in [0, 0.1) is 29.6 Å². The monoisotopic (exact) mass is 281 g/mol. The summed E-state index contributed by atoms with van der Waals surface area (Å²) < 4.78 is 0. The third-order valence-electron chi connectivity index (χ3n) is 7.07. The molecule has 0 heterocycles. The van der Waals surface area contributed by atoms with Crippen LogP contribution in [0.4, 0.5) is 0 Å². The molecule has 1 aromatic carbocycles. The maximum absolute atomic E-state index is 4.14. The van der Waals surface area contributed by atoms with E-state index in [0.29, 0.717) is 6.04 Å². The summed E-state index contributed by atoms with van der Waals surface area (Å²) in [5.74, 6) is 5.18. The van der Waals surface area contributed by atoms with E-state index in [-0.39, 0.29) is 0 Å². The molecule has 112 valence electrons. The molecular weight excluding hydrogens is 254 g/mol. The lowest BCUT2D eigenvalue weighted by atomic mass is 9.78. The minimum Gasteiger partial charge on any atom is -0.307 e. The quantitative estimate of drug-likeness (QED) is 0.853. The van der Waals surface area contributed by atoms with Crippen molar-refractivity contribution in [2.75, 3.05) is 0 Å². The van der Waals surface area contributed by atoms with Gasteiger partial charge in [0.1, 0.15) is 0 Å². The summed E-state index contributed by atoms with van der Waals surface area (Å²) in [6.45, 7) is 0. The van der Waals surface area contributed by atoms with E-state index in [0.717, 1.165) is 35.6 Å². The van der Waals surface area contributed by atoms with Crippen LogP contribution in [0.2, 0.25) is 0 Å². The molecule has 4 aliphatic rings. The van der Waals surface area contributed by atoms with Crippen LogP contribution in [0.3, 0.4) is 0 Å². The Kier molecular flexibility index (Phi) is 2.93. The van der Waals surface area contributed by atoms with Crippen molar-refractivity contribution >= 4 is 0 Å². The Morgan fingerprint density at radius 3 is 2.48 bits per heavy atom. The van der Waals surface area contributed by atoms with Crippen LogP contribution < -0.4 is 5.32 Å². The smallest absolute Gasteiger partial charge is 0.0351 e. The highest BCUT2D eigenvalue weighted by atomic mass is 15.0. The van der Waals surface area contributed by atoms with Gasteiger partial charge in [-0.1, -0.05) is 36.8 Å². The van der Waals surface area contributed by atoms with Crippen molar-refractivity contribution in [1.82, 2.24) is 5.32 Å². The largest absolute Gasteiger partial charge is 0.307 e. The van der Waals surface area contributed by atoms with Gasteiger partial charge in [-0.2, -0.15) is 0 Å². The van der Waals surface area contributed by atoms with Crippen LogP contribution in [-0.4, -0.2) is 6.04 Å². The lowest BCUT2D eigenvalue weighted by Crippen LogP contribution is -2.41. The molecule has 1 N–H and O–H groups in total. The predicted molar refractivity (Wildman–Crippen MR) is 85.9 cm³/mol. The van der Waals surface area contributed by atoms with Gasteiger partial charge in [0.25, 0.3) is 0 Å². The number of benzene rings is 1. The summed E-state index contributed by atoms with van der Waals surface area (Å²) in [6.07, 6.45) is 10.5. The van der Waals surface area contributed by atoms with Gasteiger partial charge < -0.3 is 5.32 Å². The Balaban J connectivity index is 1.35. The van der Waals surface area contributed by atoms with Crippen LogP contribution >= 0.6 is 0 Å². The summed E-state index contributed by atoms with van der Waals surface area (Å²) in [6, 6.07) is 12.7. The molecule has 5 rings (SSSR count). The Labute approximate surface area is 128 Å². The first kappa shape index (κ1) is 12.7. The van der Waals surface area contributed by atoms with E-state index in [1.807, 2.05) is 0 Å². The van der Waals surface area contributed by atoms with Gasteiger partial charge in [0.15, 0.2) is 0 Å². The topological polar surface area (TPSA) is 12.0 Å². The summed E-state index contributed by atoms with van der Waals surface area (Å²) in [5.41, 5.74) is 1.53. The minimum atomic E-state index is 0.635. The van der Waals surface area contributed by atoms with Gasteiger partial charge in [-0.15, -0.1) is 0 Å². The Bertz CT molecular complexity index is 506. The van der Waals surface area contributed by atoms with Crippen molar-refractivity contribution in [2.45, 2.75) is 57.0 Å². The Morgan fingerprint density at radius 2 is 1.67 bits per heavy atom. The van der Waals surface area contributed by atoms with E-state index in [1.54, 1.807) is 12.8 Å². The van der Waals surface area contributed by atoms with E-state index in [9.17, 15) is 0 Å². The highest BCUT2D eigenvalue weighted by molar-refractivity contribution is 5.22. The fourth-order valence-electron chi connectivity index (χ4n) is 6.08. The highest BCUT2D eigenvalue weighted by Gasteiger charge is 2.54. The fourth-order valence-corrected chi connectivity index (χ4v) is 6.08.